The van der Waals surface area contributed by atoms with E-state index in [2.05, 4.69) is 16.2 Å². The van der Waals surface area contributed by atoms with Gasteiger partial charge in [0.25, 0.3) is 0 Å². The number of pyridine rings is 1. The SMILES string of the molecule is C#Cc1cncc(CNC2CC2)c1. The van der Waals surface area contributed by atoms with Crippen LogP contribution in [0.5, 0.6) is 0 Å². The Balaban J connectivity index is 1.98. The average molecular weight is 172 g/mol. The molecular weight excluding hydrogens is 160 g/mol. The van der Waals surface area contributed by atoms with Crippen molar-refractivity contribution in [3.63, 3.8) is 0 Å². The predicted molar refractivity (Wildman–Crippen MR) is 52.0 cm³/mol. The van der Waals surface area contributed by atoms with Gasteiger partial charge in [-0.2, -0.15) is 0 Å². The summed E-state index contributed by atoms with van der Waals surface area (Å²) in [6.07, 6.45) is 11.5. The fourth-order valence-electron chi connectivity index (χ4n) is 1.21. The van der Waals surface area contributed by atoms with E-state index in [0.29, 0.717) is 0 Å². The van der Waals surface area contributed by atoms with Crippen LogP contribution in [0.25, 0.3) is 0 Å². The quantitative estimate of drug-likeness (QED) is 0.695. The van der Waals surface area contributed by atoms with Gasteiger partial charge in [0.1, 0.15) is 0 Å². The van der Waals surface area contributed by atoms with E-state index >= 15 is 0 Å². The first-order valence-electron chi connectivity index (χ1n) is 4.52. The molecule has 2 nitrogen and oxygen atoms in total. The standard InChI is InChI=1S/C11H12N2/c1-2-9-5-10(7-12-6-9)8-13-11-3-4-11/h1,5-7,11,13H,3-4,8H2. The van der Waals surface area contributed by atoms with Crippen molar-refractivity contribution < 1.29 is 0 Å². The van der Waals surface area contributed by atoms with Crippen molar-refractivity contribution in [2.75, 3.05) is 0 Å². The topological polar surface area (TPSA) is 24.9 Å². The summed E-state index contributed by atoms with van der Waals surface area (Å²) in [5.41, 5.74) is 2.03. The van der Waals surface area contributed by atoms with E-state index in [-0.39, 0.29) is 0 Å². The molecule has 0 aromatic carbocycles. The van der Waals surface area contributed by atoms with Crippen molar-refractivity contribution >= 4 is 0 Å². The molecule has 1 aromatic heterocycles. The van der Waals surface area contributed by atoms with Crippen LogP contribution < -0.4 is 5.32 Å². The summed E-state index contributed by atoms with van der Waals surface area (Å²) in [5.74, 6) is 2.58. The van der Waals surface area contributed by atoms with E-state index in [4.69, 9.17) is 6.42 Å². The number of hydrogen-bond donors (Lipinski definition) is 1. The van der Waals surface area contributed by atoms with Crippen LogP contribution in [0.2, 0.25) is 0 Å². The summed E-state index contributed by atoms with van der Waals surface area (Å²) in [5, 5.41) is 3.42. The number of aromatic nitrogens is 1. The molecule has 0 saturated heterocycles. The highest BCUT2D eigenvalue weighted by atomic mass is 14.9. The first-order chi connectivity index (χ1) is 6.38. The van der Waals surface area contributed by atoms with E-state index < -0.39 is 0 Å². The molecule has 66 valence electrons. The third kappa shape index (κ3) is 2.30. The third-order valence-electron chi connectivity index (χ3n) is 2.13. The molecule has 1 fully saturated rings. The molecule has 0 unspecified atom stereocenters. The molecule has 2 rings (SSSR count). The van der Waals surface area contributed by atoms with Gasteiger partial charge in [0.15, 0.2) is 0 Å². The van der Waals surface area contributed by atoms with Crippen LogP contribution in [0, 0.1) is 12.3 Å². The second kappa shape index (κ2) is 3.59. The summed E-state index contributed by atoms with van der Waals surface area (Å²) < 4.78 is 0. The van der Waals surface area contributed by atoms with E-state index in [1.54, 1.807) is 6.20 Å². The first-order valence-corrected chi connectivity index (χ1v) is 4.52. The summed E-state index contributed by atoms with van der Waals surface area (Å²) in [6, 6.07) is 2.73. The molecule has 1 aliphatic rings. The molecule has 1 N–H and O–H groups in total. The number of rotatable bonds is 3. The molecule has 2 heteroatoms. The Morgan fingerprint density at radius 2 is 2.38 bits per heavy atom. The van der Waals surface area contributed by atoms with Crippen LogP contribution in [0.15, 0.2) is 18.5 Å². The molecule has 13 heavy (non-hydrogen) atoms. The summed E-state index contributed by atoms with van der Waals surface area (Å²) in [4.78, 5) is 4.07. The summed E-state index contributed by atoms with van der Waals surface area (Å²) >= 11 is 0. The maximum atomic E-state index is 5.28. The predicted octanol–water partition coefficient (Wildman–Crippen LogP) is 1.31. The van der Waals surface area contributed by atoms with Crippen molar-refractivity contribution in [2.24, 2.45) is 0 Å². The number of terminal acetylenes is 1. The Morgan fingerprint density at radius 3 is 3.08 bits per heavy atom. The monoisotopic (exact) mass is 172 g/mol. The van der Waals surface area contributed by atoms with Crippen molar-refractivity contribution in [3.8, 4) is 12.3 Å². The molecular formula is C11H12N2. The zero-order valence-corrected chi connectivity index (χ0v) is 7.46. The summed E-state index contributed by atoms with van der Waals surface area (Å²) in [7, 11) is 0. The van der Waals surface area contributed by atoms with E-state index in [1.807, 2.05) is 12.3 Å². The Bertz CT molecular complexity index is 334. The van der Waals surface area contributed by atoms with Gasteiger partial charge >= 0.3 is 0 Å². The van der Waals surface area contributed by atoms with Gasteiger partial charge in [-0.1, -0.05) is 5.92 Å². The van der Waals surface area contributed by atoms with Crippen LogP contribution in [-0.4, -0.2) is 11.0 Å². The molecule has 1 saturated carbocycles. The number of nitrogens with zero attached hydrogens (tertiary/aromatic N) is 1. The molecule has 0 amide bonds. The highest BCUT2D eigenvalue weighted by Crippen LogP contribution is 2.19. The lowest BCUT2D eigenvalue weighted by atomic mass is 10.2. The van der Waals surface area contributed by atoms with Crippen molar-refractivity contribution in [1.82, 2.24) is 10.3 Å². The fraction of sp³-hybridized carbons (Fsp3) is 0.364. The molecule has 0 bridgehead atoms. The smallest absolute Gasteiger partial charge is 0.0429 e. The van der Waals surface area contributed by atoms with E-state index in [0.717, 1.165) is 18.2 Å². The molecule has 1 aliphatic carbocycles. The van der Waals surface area contributed by atoms with Gasteiger partial charge in [0, 0.05) is 30.5 Å². The van der Waals surface area contributed by atoms with Crippen LogP contribution in [-0.2, 0) is 6.54 Å². The minimum Gasteiger partial charge on any atom is -0.310 e. The zero-order chi connectivity index (χ0) is 9.10. The lowest BCUT2D eigenvalue weighted by Crippen LogP contribution is -2.15. The maximum Gasteiger partial charge on any atom is 0.0429 e. The highest BCUT2D eigenvalue weighted by Gasteiger charge is 2.19. The zero-order valence-electron chi connectivity index (χ0n) is 7.46. The minimum atomic E-state index is 0.731. The largest absolute Gasteiger partial charge is 0.310 e. The first kappa shape index (κ1) is 8.28. The average Bonchev–Trinajstić information content (AvgIpc) is 2.99. The molecule has 0 aliphatic heterocycles. The Hall–Kier alpha value is -1.33. The lowest BCUT2D eigenvalue weighted by molar-refractivity contribution is 0.686. The third-order valence-corrected chi connectivity index (χ3v) is 2.13. The van der Waals surface area contributed by atoms with Gasteiger partial charge in [-0.25, -0.2) is 0 Å². The second-order valence-corrected chi connectivity index (χ2v) is 3.38. The molecule has 0 atom stereocenters. The van der Waals surface area contributed by atoms with Gasteiger partial charge in [-0.15, -0.1) is 6.42 Å². The van der Waals surface area contributed by atoms with Crippen LogP contribution in [0.3, 0.4) is 0 Å². The maximum absolute atomic E-state index is 5.28. The van der Waals surface area contributed by atoms with Gasteiger partial charge in [0.05, 0.1) is 0 Å². The van der Waals surface area contributed by atoms with Gasteiger partial charge < -0.3 is 5.32 Å². The van der Waals surface area contributed by atoms with E-state index in [9.17, 15) is 0 Å². The van der Waals surface area contributed by atoms with E-state index in [1.165, 1.54) is 18.4 Å². The highest BCUT2D eigenvalue weighted by molar-refractivity contribution is 5.31. The minimum absolute atomic E-state index is 0.731. The normalized spacial score (nSPS) is 15.3. The van der Waals surface area contributed by atoms with Gasteiger partial charge in [-0.05, 0) is 24.5 Å². The van der Waals surface area contributed by atoms with Crippen LogP contribution in [0.1, 0.15) is 24.0 Å². The molecule has 1 aromatic rings. The van der Waals surface area contributed by atoms with Crippen molar-refractivity contribution in [2.45, 2.75) is 25.4 Å². The Kier molecular flexibility index (Phi) is 2.29. The number of nitrogens with one attached hydrogen (secondary N) is 1. The number of hydrogen-bond acceptors (Lipinski definition) is 2. The Morgan fingerprint density at radius 1 is 1.54 bits per heavy atom. The van der Waals surface area contributed by atoms with Crippen LogP contribution >= 0.6 is 0 Å². The van der Waals surface area contributed by atoms with Gasteiger partial charge in [-0.3, -0.25) is 4.98 Å². The lowest BCUT2D eigenvalue weighted by Gasteiger charge is -2.02. The Labute approximate surface area is 78.4 Å². The summed E-state index contributed by atoms with van der Waals surface area (Å²) in [6.45, 7) is 0.882. The van der Waals surface area contributed by atoms with Gasteiger partial charge in [0.2, 0.25) is 0 Å². The van der Waals surface area contributed by atoms with Crippen LogP contribution in [0.4, 0.5) is 0 Å². The fourth-order valence-corrected chi connectivity index (χ4v) is 1.21. The molecule has 0 radical (unpaired) electrons. The molecule has 1 heterocycles. The van der Waals surface area contributed by atoms with Crippen molar-refractivity contribution in [3.05, 3.63) is 29.6 Å². The molecule has 0 spiro atoms. The van der Waals surface area contributed by atoms with Crippen molar-refractivity contribution in [1.29, 1.82) is 0 Å². The second-order valence-electron chi connectivity index (χ2n) is 3.38.